The average molecular weight is 276 g/mol. The molecule has 1 atom stereocenters. The summed E-state index contributed by atoms with van der Waals surface area (Å²) in [5.74, 6) is -0.200. The lowest BCUT2D eigenvalue weighted by Gasteiger charge is -2.14. The van der Waals surface area contributed by atoms with Crippen molar-refractivity contribution in [2.45, 2.75) is 24.8 Å². The summed E-state index contributed by atoms with van der Waals surface area (Å²) in [5.41, 5.74) is 2.68. The fourth-order valence-electron chi connectivity index (χ4n) is 2.12. The van der Waals surface area contributed by atoms with Crippen LogP contribution in [0.25, 0.3) is 0 Å². The van der Waals surface area contributed by atoms with Gasteiger partial charge in [-0.15, -0.1) is 11.8 Å². The van der Waals surface area contributed by atoms with Gasteiger partial charge in [0.25, 0.3) is 0 Å². The fourth-order valence-corrected chi connectivity index (χ4v) is 2.52. The third-order valence-electron chi connectivity index (χ3n) is 3.21. The zero-order valence-electron chi connectivity index (χ0n) is 11.3. The van der Waals surface area contributed by atoms with Crippen LogP contribution in [-0.4, -0.2) is 11.4 Å². The molecule has 0 saturated heterocycles. The molecular weight excluding hydrogens is 259 g/mol. The van der Waals surface area contributed by atoms with Crippen molar-refractivity contribution in [3.8, 4) is 0 Å². The molecule has 2 rings (SSSR count). The summed E-state index contributed by atoms with van der Waals surface area (Å²) in [6, 6.07) is 11.2. The molecule has 0 aliphatic carbocycles. The minimum absolute atomic E-state index is 0.200. The number of benzene rings is 2. The minimum atomic E-state index is -0.714. The van der Waals surface area contributed by atoms with Gasteiger partial charge in [0.05, 0.1) is 0 Å². The normalized spacial score (nSPS) is 12.5. The van der Waals surface area contributed by atoms with Crippen LogP contribution >= 0.6 is 11.8 Å². The van der Waals surface area contributed by atoms with Crippen molar-refractivity contribution in [2.24, 2.45) is 0 Å². The molecule has 0 aliphatic rings. The van der Waals surface area contributed by atoms with Crippen molar-refractivity contribution in [2.75, 3.05) is 6.26 Å². The molecule has 1 nitrogen and oxygen atoms in total. The molecule has 0 heterocycles. The van der Waals surface area contributed by atoms with Crippen molar-refractivity contribution in [3.63, 3.8) is 0 Å². The Hall–Kier alpha value is -1.32. The molecule has 100 valence electrons. The maximum absolute atomic E-state index is 13.6. The maximum atomic E-state index is 13.6. The number of aryl methyl sites for hydroxylation is 2. The van der Waals surface area contributed by atoms with Gasteiger partial charge in [-0.2, -0.15) is 0 Å². The topological polar surface area (TPSA) is 20.2 Å². The summed E-state index contributed by atoms with van der Waals surface area (Å²) in [5, 5.41) is 10.4. The molecule has 0 aliphatic heterocycles. The summed E-state index contributed by atoms with van der Waals surface area (Å²) >= 11 is 1.66. The van der Waals surface area contributed by atoms with E-state index in [1.54, 1.807) is 37.7 Å². The molecule has 2 aromatic rings. The number of hydrogen-bond donors (Lipinski definition) is 1. The van der Waals surface area contributed by atoms with Crippen molar-refractivity contribution in [1.29, 1.82) is 0 Å². The van der Waals surface area contributed by atoms with Crippen LogP contribution in [0.5, 0.6) is 0 Å². The van der Waals surface area contributed by atoms with E-state index < -0.39 is 6.10 Å². The van der Waals surface area contributed by atoms with Gasteiger partial charge in [-0.1, -0.05) is 24.3 Å². The highest BCUT2D eigenvalue weighted by Gasteiger charge is 2.13. The van der Waals surface area contributed by atoms with Crippen molar-refractivity contribution >= 4 is 11.8 Å². The Morgan fingerprint density at radius 2 is 1.53 bits per heavy atom. The van der Waals surface area contributed by atoms with Gasteiger partial charge in [0.1, 0.15) is 11.9 Å². The third kappa shape index (κ3) is 2.99. The number of rotatable bonds is 3. The Balaban J connectivity index is 2.35. The minimum Gasteiger partial charge on any atom is -0.384 e. The lowest BCUT2D eigenvalue weighted by molar-refractivity contribution is 0.220. The van der Waals surface area contributed by atoms with Gasteiger partial charge < -0.3 is 5.11 Å². The average Bonchev–Trinajstić information content (AvgIpc) is 2.43. The molecule has 19 heavy (non-hydrogen) atoms. The zero-order valence-corrected chi connectivity index (χ0v) is 12.1. The van der Waals surface area contributed by atoms with Crippen LogP contribution in [-0.2, 0) is 0 Å². The largest absolute Gasteiger partial charge is 0.384 e. The second-order valence-electron chi connectivity index (χ2n) is 4.64. The van der Waals surface area contributed by atoms with Crippen LogP contribution in [0.15, 0.2) is 41.3 Å². The van der Waals surface area contributed by atoms with E-state index in [4.69, 9.17) is 0 Å². The van der Waals surface area contributed by atoms with Crippen molar-refractivity contribution in [1.82, 2.24) is 0 Å². The van der Waals surface area contributed by atoms with Crippen molar-refractivity contribution < 1.29 is 9.50 Å². The standard InChI is InChI=1S/C16H17FOS/c1-10-8-13(9-11(2)15(10)17)16(18)12-4-6-14(19-3)7-5-12/h4-9,16,18H,1-3H3. The lowest BCUT2D eigenvalue weighted by atomic mass is 9.97. The molecule has 0 spiro atoms. The molecule has 3 heteroatoms. The number of thioether (sulfide) groups is 1. The summed E-state index contributed by atoms with van der Waals surface area (Å²) in [6.45, 7) is 3.44. The zero-order chi connectivity index (χ0) is 14.0. The van der Waals surface area contributed by atoms with Crippen LogP contribution in [0.1, 0.15) is 28.4 Å². The van der Waals surface area contributed by atoms with Gasteiger partial charge in [-0.05, 0) is 54.5 Å². The molecule has 0 saturated carbocycles. The number of aliphatic hydroxyl groups excluding tert-OH is 1. The molecule has 2 aromatic carbocycles. The van der Waals surface area contributed by atoms with Gasteiger partial charge in [-0.3, -0.25) is 0 Å². The van der Waals surface area contributed by atoms with E-state index in [2.05, 4.69) is 0 Å². The Bertz CT molecular complexity index is 555. The van der Waals surface area contributed by atoms with Gasteiger partial charge in [0.2, 0.25) is 0 Å². The smallest absolute Gasteiger partial charge is 0.129 e. The summed E-state index contributed by atoms with van der Waals surface area (Å²) < 4.78 is 13.6. The van der Waals surface area contributed by atoms with Crippen molar-refractivity contribution in [3.05, 3.63) is 64.5 Å². The van der Waals surface area contributed by atoms with Crippen LogP contribution in [0.4, 0.5) is 4.39 Å². The monoisotopic (exact) mass is 276 g/mol. The van der Waals surface area contributed by atoms with Crippen LogP contribution in [0.2, 0.25) is 0 Å². The Morgan fingerprint density at radius 1 is 1.00 bits per heavy atom. The Kier molecular flexibility index (Phi) is 4.27. The van der Waals surface area contributed by atoms with E-state index in [1.165, 1.54) is 0 Å². The quantitative estimate of drug-likeness (QED) is 0.846. The second-order valence-corrected chi connectivity index (χ2v) is 5.52. The van der Waals surface area contributed by atoms with E-state index >= 15 is 0 Å². The molecule has 0 amide bonds. The molecule has 0 aromatic heterocycles. The molecule has 0 bridgehead atoms. The first-order valence-electron chi connectivity index (χ1n) is 6.11. The molecule has 1 unspecified atom stereocenters. The van der Waals surface area contributed by atoms with Gasteiger partial charge in [-0.25, -0.2) is 4.39 Å². The lowest BCUT2D eigenvalue weighted by Crippen LogP contribution is -2.02. The highest BCUT2D eigenvalue weighted by Crippen LogP contribution is 2.27. The maximum Gasteiger partial charge on any atom is 0.129 e. The Labute approximate surface area is 117 Å². The van der Waals surface area contributed by atoms with E-state index in [0.717, 1.165) is 16.0 Å². The first kappa shape index (κ1) is 14.1. The highest BCUT2D eigenvalue weighted by molar-refractivity contribution is 7.98. The fraction of sp³-hybridized carbons (Fsp3) is 0.250. The number of halogens is 1. The van der Waals surface area contributed by atoms with E-state index in [0.29, 0.717) is 11.1 Å². The first-order chi connectivity index (χ1) is 9.02. The summed E-state index contributed by atoms with van der Waals surface area (Å²) in [7, 11) is 0. The molecule has 0 radical (unpaired) electrons. The molecular formula is C16H17FOS. The summed E-state index contributed by atoms with van der Waals surface area (Å²) in [4.78, 5) is 1.16. The number of hydrogen-bond acceptors (Lipinski definition) is 2. The SMILES string of the molecule is CSc1ccc(C(O)c2cc(C)c(F)c(C)c2)cc1. The second kappa shape index (κ2) is 5.76. The summed E-state index contributed by atoms with van der Waals surface area (Å²) in [6.07, 6.45) is 1.30. The van der Waals surface area contributed by atoms with Gasteiger partial charge >= 0.3 is 0 Å². The van der Waals surface area contributed by atoms with Crippen LogP contribution < -0.4 is 0 Å². The number of aliphatic hydroxyl groups is 1. The predicted octanol–water partition coefficient (Wildman–Crippen LogP) is 4.25. The molecule has 0 fully saturated rings. The van der Waals surface area contributed by atoms with E-state index in [-0.39, 0.29) is 5.82 Å². The Morgan fingerprint density at radius 3 is 2.00 bits per heavy atom. The van der Waals surface area contributed by atoms with Gasteiger partial charge in [0.15, 0.2) is 0 Å². The molecule has 1 N–H and O–H groups in total. The van der Waals surface area contributed by atoms with Crippen LogP contribution in [0.3, 0.4) is 0 Å². The van der Waals surface area contributed by atoms with Crippen LogP contribution in [0, 0.1) is 19.7 Å². The third-order valence-corrected chi connectivity index (χ3v) is 3.95. The first-order valence-corrected chi connectivity index (χ1v) is 7.34. The van der Waals surface area contributed by atoms with E-state index in [1.807, 2.05) is 30.5 Å². The van der Waals surface area contributed by atoms with E-state index in [9.17, 15) is 9.50 Å². The predicted molar refractivity (Wildman–Crippen MR) is 78.2 cm³/mol. The highest BCUT2D eigenvalue weighted by atomic mass is 32.2. The van der Waals surface area contributed by atoms with Gasteiger partial charge in [0, 0.05) is 4.90 Å².